The van der Waals surface area contributed by atoms with Gasteiger partial charge >= 0.3 is 6.03 Å². The van der Waals surface area contributed by atoms with Gasteiger partial charge in [-0.3, -0.25) is 20.0 Å². The van der Waals surface area contributed by atoms with Gasteiger partial charge in [0.15, 0.2) is 9.84 Å². The minimum atomic E-state index is -3.30. The van der Waals surface area contributed by atoms with Crippen molar-refractivity contribution in [1.82, 2.24) is 15.1 Å². The summed E-state index contributed by atoms with van der Waals surface area (Å²) in [5, 5.41) is 12.4. The van der Waals surface area contributed by atoms with Gasteiger partial charge in [-0.05, 0) is 35.7 Å². The average Bonchev–Trinajstić information content (AvgIpc) is 2.79. The number of carbonyl (C=O) groups excluding carboxylic acids is 2. The second kappa shape index (κ2) is 10.4. The highest BCUT2D eigenvalue weighted by molar-refractivity contribution is 8.03. The molecule has 3 rings (SSSR count). The third-order valence-corrected chi connectivity index (χ3v) is 7.27. The Labute approximate surface area is 204 Å². The minimum Gasteiger partial charge on any atom is -0.375 e. The summed E-state index contributed by atoms with van der Waals surface area (Å²) < 4.78 is 23.5. The Hall–Kier alpha value is -3.11. The number of imide groups is 1. The molecule has 0 spiro atoms. The maximum atomic E-state index is 13.1. The summed E-state index contributed by atoms with van der Waals surface area (Å²) in [5.74, 6) is -0.577. The molecule has 1 aliphatic heterocycles. The number of sulfone groups is 1. The Bertz CT molecular complexity index is 1220. The summed E-state index contributed by atoms with van der Waals surface area (Å²) in [4.78, 5) is 29.3. The zero-order valence-electron chi connectivity index (χ0n) is 19.5. The van der Waals surface area contributed by atoms with Gasteiger partial charge < -0.3 is 5.32 Å². The number of amides is 3. The summed E-state index contributed by atoms with van der Waals surface area (Å²) in [6, 6.07) is 15.4. The quantitative estimate of drug-likeness (QED) is 0.422. The first-order chi connectivity index (χ1) is 16.0. The molecular formula is C24H28N4O4S2. The van der Waals surface area contributed by atoms with Gasteiger partial charge in [-0.25, -0.2) is 13.2 Å². The fraction of sp³-hybridized carbons (Fsp3) is 0.292. The molecule has 0 bridgehead atoms. The number of carbonyl (C=O) groups is 2. The van der Waals surface area contributed by atoms with E-state index in [-0.39, 0.29) is 22.2 Å². The molecule has 1 aliphatic rings. The van der Waals surface area contributed by atoms with Crippen LogP contribution in [0.2, 0.25) is 0 Å². The number of rotatable bonds is 8. The number of urea groups is 1. The molecule has 180 valence electrons. The molecule has 34 heavy (non-hydrogen) atoms. The molecular weight excluding hydrogens is 472 g/mol. The SMILES string of the molecule is CC(C)CN1C(=N)/C(=C(\NCc2ccc(S(C)(=O)=O)cc2)Sc2ccccc2)C(=O)N(C)C1=O. The van der Waals surface area contributed by atoms with Crippen LogP contribution in [-0.4, -0.2) is 55.8 Å². The van der Waals surface area contributed by atoms with Crippen LogP contribution in [0.5, 0.6) is 0 Å². The fourth-order valence-corrected chi connectivity index (χ4v) is 4.92. The first-order valence-electron chi connectivity index (χ1n) is 10.7. The molecule has 3 amide bonds. The van der Waals surface area contributed by atoms with Crippen LogP contribution < -0.4 is 5.32 Å². The summed E-state index contributed by atoms with van der Waals surface area (Å²) in [7, 11) is -1.88. The Morgan fingerprint density at radius 3 is 2.24 bits per heavy atom. The predicted octanol–water partition coefficient (Wildman–Crippen LogP) is 3.71. The van der Waals surface area contributed by atoms with E-state index in [1.165, 1.54) is 35.8 Å². The number of hydrogen-bond acceptors (Lipinski definition) is 7. The molecule has 0 aromatic heterocycles. The molecule has 1 fully saturated rings. The molecule has 0 atom stereocenters. The molecule has 0 saturated carbocycles. The summed E-state index contributed by atoms with van der Waals surface area (Å²) in [6.45, 7) is 4.50. The lowest BCUT2D eigenvalue weighted by Gasteiger charge is -2.35. The smallest absolute Gasteiger partial charge is 0.332 e. The standard InChI is InChI=1S/C24H28N4O4S2/c1-16(2)15-28-21(25)20(23(29)27(3)24(28)30)22(33-18-8-6-5-7-9-18)26-14-17-10-12-19(13-11-17)34(4,31)32/h5-13,16,25-26H,14-15H2,1-4H3/b22-20-,25-21?. The Morgan fingerprint density at radius 1 is 1.06 bits per heavy atom. The number of benzene rings is 2. The molecule has 8 nitrogen and oxygen atoms in total. The molecule has 10 heteroatoms. The monoisotopic (exact) mass is 500 g/mol. The van der Waals surface area contributed by atoms with Crippen LogP contribution in [0.25, 0.3) is 0 Å². The van der Waals surface area contributed by atoms with Crippen molar-refractivity contribution >= 4 is 39.4 Å². The third-order valence-electron chi connectivity index (χ3n) is 5.09. The van der Waals surface area contributed by atoms with Crippen molar-refractivity contribution in [2.24, 2.45) is 5.92 Å². The number of likely N-dealkylation sites (N-methyl/N-ethyl adjacent to an activating group) is 1. The normalized spacial score (nSPS) is 16.3. The third kappa shape index (κ3) is 5.87. The lowest BCUT2D eigenvalue weighted by molar-refractivity contribution is -0.123. The zero-order chi connectivity index (χ0) is 25.0. The van der Waals surface area contributed by atoms with E-state index in [1.54, 1.807) is 12.1 Å². The predicted molar refractivity (Wildman–Crippen MR) is 133 cm³/mol. The van der Waals surface area contributed by atoms with Crippen LogP contribution in [0.15, 0.2) is 75.0 Å². The van der Waals surface area contributed by atoms with Gasteiger partial charge in [0, 0.05) is 31.3 Å². The molecule has 2 aromatic carbocycles. The number of nitrogens with zero attached hydrogens (tertiary/aromatic N) is 2. The minimum absolute atomic E-state index is 0.110. The number of amidine groups is 1. The van der Waals surface area contributed by atoms with Crippen LogP contribution in [0.1, 0.15) is 19.4 Å². The summed E-state index contributed by atoms with van der Waals surface area (Å²) in [6.07, 6.45) is 1.15. The van der Waals surface area contributed by atoms with Crippen molar-refractivity contribution in [1.29, 1.82) is 5.41 Å². The van der Waals surface area contributed by atoms with Crippen molar-refractivity contribution < 1.29 is 18.0 Å². The van der Waals surface area contributed by atoms with Gasteiger partial charge in [0.2, 0.25) is 0 Å². The maximum Gasteiger partial charge on any atom is 0.332 e. The van der Waals surface area contributed by atoms with Crippen LogP contribution in [0.4, 0.5) is 4.79 Å². The molecule has 2 aromatic rings. The highest BCUT2D eigenvalue weighted by Gasteiger charge is 2.40. The van der Waals surface area contributed by atoms with Crippen LogP contribution in [0.3, 0.4) is 0 Å². The van der Waals surface area contributed by atoms with Gasteiger partial charge in [-0.1, -0.05) is 55.9 Å². The van der Waals surface area contributed by atoms with Gasteiger partial charge in [0.05, 0.1) is 9.92 Å². The van der Waals surface area contributed by atoms with Gasteiger partial charge in [-0.15, -0.1) is 0 Å². The Balaban J connectivity index is 1.99. The highest BCUT2D eigenvalue weighted by atomic mass is 32.2. The fourth-order valence-electron chi connectivity index (χ4n) is 3.33. The molecule has 1 saturated heterocycles. The van der Waals surface area contributed by atoms with Crippen molar-refractivity contribution in [3.8, 4) is 0 Å². The lowest BCUT2D eigenvalue weighted by atomic mass is 10.1. The van der Waals surface area contributed by atoms with E-state index in [9.17, 15) is 18.0 Å². The molecule has 0 radical (unpaired) electrons. The Kier molecular flexibility index (Phi) is 7.83. The molecule has 2 N–H and O–H groups in total. The van der Waals surface area contributed by atoms with Crippen molar-refractivity contribution in [3.05, 3.63) is 70.8 Å². The zero-order valence-corrected chi connectivity index (χ0v) is 21.2. The second-order valence-electron chi connectivity index (χ2n) is 8.39. The van der Waals surface area contributed by atoms with E-state index in [2.05, 4.69) is 5.32 Å². The van der Waals surface area contributed by atoms with Crippen LogP contribution in [0, 0.1) is 11.3 Å². The summed E-state index contributed by atoms with van der Waals surface area (Å²) in [5.41, 5.74) is 0.918. The van der Waals surface area contributed by atoms with E-state index >= 15 is 0 Å². The van der Waals surface area contributed by atoms with Crippen LogP contribution in [-0.2, 0) is 21.2 Å². The van der Waals surface area contributed by atoms with E-state index < -0.39 is 21.8 Å². The van der Waals surface area contributed by atoms with E-state index in [4.69, 9.17) is 5.41 Å². The van der Waals surface area contributed by atoms with E-state index in [0.717, 1.165) is 21.6 Å². The average molecular weight is 501 g/mol. The van der Waals surface area contributed by atoms with Crippen molar-refractivity contribution in [3.63, 3.8) is 0 Å². The Morgan fingerprint density at radius 2 is 1.68 bits per heavy atom. The number of hydrogen-bond donors (Lipinski definition) is 2. The first kappa shape index (κ1) is 25.5. The topological polar surface area (TPSA) is 111 Å². The van der Waals surface area contributed by atoms with Crippen molar-refractivity contribution in [2.45, 2.75) is 30.2 Å². The first-order valence-corrected chi connectivity index (χ1v) is 13.4. The molecule has 0 aliphatic carbocycles. The largest absolute Gasteiger partial charge is 0.375 e. The summed E-state index contributed by atoms with van der Waals surface area (Å²) >= 11 is 1.30. The lowest BCUT2D eigenvalue weighted by Crippen LogP contribution is -2.56. The van der Waals surface area contributed by atoms with Gasteiger partial charge in [0.25, 0.3) is 5.91 Å². The molecule has 0 unspecified atom stereocenters. The molecule has 1 heterocycles. The maximum absolute atomic E-state index is 13.1. The second-order valence-corrected chi connectivity index (χ2v) is 11.5. The van der Waals surface area contributed by atoms with E-state index in [0.29, 0.717) is 18.1 Å². The van der Waals surface area contributed by atoms with E-state index in [1.807, 2.05) is 44.2 Å². The number of thioether (sulfide) groups is 1. The van der Waals surface area contributed by atoms with Gasteiger partial charge in [0.1, 0.15) is 11.4 Å². The van der Waals surface area contributed by atoms with Crippen molar-refractivity contribution in [2.75, 3.05) is 19.8 Å². The van der Waals surface area contributed by atoms with Gasteiger partial charge in [-0.2, -0.15) is 0 Å². The highest BCUT2D eigenvalue weighted by Crippen LogP contribution is 2.31. The van der Waals surface area contributed by atoms with Crippen LogP contribution >= 0.6 is 11.8 Å². The number of nitrogens with one attached hydrogen (secondary N) is 2.